The Hall–Kier alpha value is -8.46. The maximum Gasteiger partial charge on any atom is 0.136 e. The van der Waals surface area contributed by atoms with Crippen LogP contribution in [0.25, 0.3) is 99.1 Å². The van der Waals surface area contributed by atoms with Crippen LogP contribution in [0.3, 0.4) is 0 Å². The van der Waals surface area contributed by atoms with Gasteiger partial charge < -0.3 is 9.32 Å². The minimum atomic E-state index is 0.875. The van der Waals surface area contributed by atoms with Crippen molar-refractivity contribution in [3.05, 3.63) is 249 Å². The van der Waals surface area contributed by atoms with Gasteiger partial charge in [-0.05, 0) is 109 Å². The summed E-state index contributed by atoms with van der Waals surface area (Å²) in [6.07, 6.45) is 0. The van der Waals surface area contributed by atoms with Gasteiger partial charge in [-0.15, -0.1) is 0 Å². The van der Waals surface area contributed by atoms with Crippen molar-refractivity contribution < 1.29 is 4.42 Å². The second-order valence-electron chi connectivity index (χ2n) is 16.4. The van der Waals surface area contributed by atoms with Crippen LogP contribution in [0.1, 0.15) is 0 Å². The van der Waals surface area contributed by atoms with E-state index in [2.05, 4.69) is 241 Å². The monoisotopic (exact) mass is 815 g/mol. The fourth-order valence-electron chi connectivity index (χ4n) is 9.65. The van der Waals surface area contributed by atoms with Crippen LogP contribution in [0.5, 0.6) is 0 Å². The van der Waals surface area contributed by atoms with Gasteiger partial charge in [0.1, 0.15) is 11.2 Å². The van der Waals surface area contributed by atoms with E-state index in [1.165, 1.54) is 54.9 Å². The molecule has 0 amide bonds. The third kappa shape index (κ3) is 6.52. The smallest absolute Gasteiger partial charge is 0.136 e. The number of fused-ring (bicyclic) bond motifs is 5. The van der Waals surface area contributed by atoms with Gasteiger partial charge in [0.05, 0.1) is 11.4 Å². The summed E-state index contributed by atoms with van der Waals surface area (Å²) in [4.78, 5) is 2.43. The molecule has 0 spiro atoms. The third-order valence-corrected chi connectivity index (χ3v) is 12.7. The number of benzene rings is 11. The van der Waals surface area contributed by atoms with Crippen LogP contribution in [-0.2, 0) is 0 Å². The molecule has 12 rings (SSSR count). The Labute approximate surface area is 372 Å². The quantitative estimate of drug-likeness (QED) is 0.152. The first kappa shape index (κ1) is 37.3. The summed E-state index contributed by atoms with van der Waals surface area (Å²) < 4.78 is 6.44. The fourth-order valence-corrected chi connectivity index (χ4v) is 9.65. The molecule has 1 heterocycles. The van der Waals surface area contributed by atoms with Crippen LogP contribution in [0.2, 0.25) is 0 Å². The van der Waals surface area contributed by atoms with E-state index in [0.29, 0.717) is 0 Å². The molecule has 64 heavy (non-hydrogen) atoms. The summed E-state index contributed by atoms with van der Waals surface area (Å²) in [6.45, 7) is 0. The van der Waals surface area contributed by atoms with E-state index in [9.17, 15) is 0 Å². The SMILES string of the molecule is c1ccc(-c2cccc3ccccc23)c(-c2ccccc2N(c2ccc(-c3ccc(-c4cccc5ccccc45)cc3)cc2)c2ccccc2-c2ccc3c(c2)oc2ccccc23)c1. The van der Waals surface area contributed by atoms with Crippen LogP contribution in [0, 0.1) is 0 Å². The third-order valence-electron chi connectivity index (χ3n) is 12.7. The normalized spacial score (nSPS) is 11.4. The van der Waals surface area contributed by atoms with Crippen molar-refractivity contribution in [2.75, 3.05) is 4.90 Å². The van der Waals surface area contributed by atoms with E-state index in [1.54, 1.807) is 0 Å². The zero-order valence-electron chi connectivity index (χ0n) is 35.0. The molecular weight excluding hydrogens is 775 g/mol. The number of nitrogens with zero attached hydrogens (tertiary/aromatic N) is 1. The van der Waals surface area contributed by atoms with E-state index in [-0.39, 0.29) is 0 Å². The second kappa shape index (κ2) is 15.8. The van der Waals surface area contributed by atoms with Crippen LogP contribution in [-0.4, -0.2) is 0 Å². The zero-order valence-corrected chi connectivity index (χ0v) is 35.0. The Bertz CT molecular complexity index is 3660. The van der Waals surface area contributed by atoms with E-state index in [1.807, 2.05) is 12.1 Å². The molecule has 0 aliphatic rings. The molecule has 0 radical (unpaired) electrons. The second-order valence-corrected chi connectivity index (χ2v) is 16.4. The Balaban J connectivity index is 1.01. The summed E-state index contributed by atoms with van der Waals surface area (Å²) in [5.41, 5.74) is 16.7. The van der Waals surface area contributed by atoms with Crippen molar-refractivity contribution in [2.45, 2.75) is 0 Å². The fraction of sp³-hybridized carbons (Fsp3) is 0. The van der Waals surface area contributed by atoms with Crippen LogP contribution < -0.4 is 4.90 Å². The Morgan fingerprint density at radius 2 is 0.688 bits per heavy atom. The minimum absolute atomic E-state index is 0.875. The Morgan fingerprint density at radius 3 is 1.39 bits per heavy atom. The highest BCUT2D eigenvalue weighted by molar-refractivity contribution is 6.07. The average Bonchev–Trinajstić information content (AvgIpc) is 3.75. The lowest BCUT2D eigenvalue weighted by molar-refractivity contribution is 0.669. The van der Waals surface area contributed by atoms with Gasteiger partial charge in [0.2, 0.25) is 0 Å². The molecule has 11 aromatic carbocycles. The number of hydrogen-bond acceptors (Lipinski definition) is 2. The van der Waals surface area contributed by atoms with E-state index < -0.39 is 0 Å². The molecular formula is C62H41NO. The molecule has 0 saturated carbocycles. The highest BCUT2D eigenvalue weighted by atomic mass is 16.3. The Kier molecular flexibility index (Phi) is 9.20. The number of rotatable bonds is 8. The van der Waals surface area contributed by atoms with Crippen molar-refractivity contribution >= 4 is 60.5 Å². The van der Waals surface area contributed by atoms with Gasteiger partial charge >= 0.3 is 0 Å². The molecule has 0 aliphatic carbocycles. The van der Waals surface area contributed by atoms with Gasteiger partial charge in [-0.2, -0.15) is 0 Å². The van der Waals surface area contributed by atoms with Crippen molar-refractivity contribution in [2.24, 2.45) is 0 Å². The highest BCUT2D eigenvalue weighted by Gasteiger charge is 2.23. The summed E-state index contributed by atoms with van der Waals surface area (Å²) in [7, 11) is 0. The lowest BCUT2D eigenvalue weighted by Crippen LogP contribution is -2.12. The minimum Gasteiger partial charge on any atom is -0.456 e. The molecule has 0 N–H and O–H groups in total. The lowest BCUT2D eigenvalue weighted by Gasteiger charge is -2.30. The van der Waals surface area contributed by atoms with Crippen molar-refractivity contribution in [3.8, 4) is 55.6 Å². The standard InChI is InChI=1S/C62H41NO/c1-3-19-49-44(15-1)17-13-26-50(49)46-33-31-42(32-34-46)43-35-38-48(39-36-43)63(59-28-10-7-21-52(59)47-37-40-58-57-25-9-12-30-61(57)64-62(58)41-47)60-29-11-8-24-56(60)55-23-6-5-22-54(55)53-27-14-18-45-16-2-4-20-51(45)53/h1-41H. The molecule has 0 fully saturated rings. The van der Waals surface area contributed by atoms with Gasteiger partial charge in [0.25, 0.3) is 0 Å². The number of para-hydroxylation sites is 3. The molecule has 0 atom stereocenters. The van der Waals surface area contributed by atoms with Crippen LogP contribution in [0.15, 0.2) is 253 Å². The van der Waals surface area contributed by atoms with Crippen molar-refractivity contribution in [1.29, 1.82) is 0 Å². The first-order chi connectivity index (χ1) is 31.7. The number of hydrogen-bond donors (Lipinski definition) is 0. The van der Waals surface area contributed by atoms with Gasteiger partial charge in [0.15, 0.2) is 0 Å². The molecule has 0 bridgehead atoms. The Morgan fingerprint density at radius 1 is 0.250 bits per heavy atom. The van der Waals surface area contributed by atoms with Crippen molar-refractivity contribution in [3.63, 3.8) is 0 Å². The summed E-state index contributed by atoms with van der Waals surface area (Å²) >= 11 is 0. The molecule has 300 valence electrons. The first-order valence-electron chi connectivity index (χ1n) is 21.9. The van der Waals surface area contributed by atoms with E-state index in [4.69, 9.17) is 4.42 Å². The molecule has 2 nitrogen and oxygen atoms in total. The molecule has 0 aliphatic heterocycles. The van der Waals surface area contributed by atoms with Crippen LogP contribution in [0.4, 0.5) is 17.1 Å². The number of anilines is 3. The summed E-state index contributed by atoms with van der Waals surface area (Å²) in [5.74, 6) is 0. The molecule has 0 unspecified atom stereocenters. The van der Waals surface area contributed by atoms with Gasteiger partial charge in [0, 0.05) is 27.6 Å². The van der Waals surface area contributed by atoms with Gasteiger partial charge in [-0.25, -0.2) is 0 Å². The average molecular weight is 816 g/mol. The summed E-state index contributed by atoms with van der Waals surface area (Å²) in [5, 5.41) is 7.22. The highest BCUT2D eigenvalue weighted by Crippen LogP contribution is 2.48. The molecule has 0 saturated heterocycles. The van der Waals surface area contributed by atoms with Crippen molar-refractivity contribution in [1.82, 2.24) is 0 Å². The van der Waals surface area contributed by atoms with Gasteiger partial charge in [-0.1, -0.05) is 206 Å². The first-order valence-corrected chi connectivity index (χ1v) is 21.9. The topological polar surface area (TPSA) is 16.4 Å². The maximum atomic E-state index is 6.44. The largest absolute Gasteiger partial charge is 0.456 e. The molecule has 2 heteroatoms. The van der Waals surface area contributed by atoms with E-state index in [0.717, 1.165) is 61.3 Å². The summed E-state index contributed by atoms with van der Waals surface area (Å²) in [6, 6.07) is 89.7. The lowest BCUT2D eigenvalue weighted by atomic mass is 9.90. The maximum absolute atomic E-state index is 6.44. The molecule has 1 aromatic heterocycles. The predicted octanol–water partition coefficient (Wildman–Crippen LogP) is 17.7. The zero-order chi connectivity index (χ0) is 42.4. The molecule has 12 aromatic rings. The number of furan rings is 1. The van der Waals surface area contributed by atoms with Crippen LogP contribution >= 0.6 is 0 Å². The predicted molar refractivity (Wildman–Crippen MR) is 271 cm³/mol. The van der Waals surface area contributed by atoms with Gasteiger partial charge in [-0.3, -0.25) is 0 Å². The van der Waals surface area contributed by atoms with E-state index >= 15 is 0 Å².